The van der Waals surface area contributed by atoms with E-state index in [2.05, 4.69) is 26.6 Å². The number of aliphatic hydroxyl groups excluding tert-OH is 1. The van der Waals surface area contributed by atoms with Crippen LogP contribution < -0.4 is 10.6 Å². The number of fused-ring (bicyclic) bond motifs is 1. The summed E-state index contributed by atoms with van der Waals surface area (Å²) in [7, 11) is 0. The van der Waals surface area contributed by atoms with Gasteiger partial charge in [-0.1, -0.05) is 66.0 Å². The van der Waals surface area contributed by atoms with Crippen LogP contribution in [0.25, 0.3) is 0 Å². The lowest BCUT2D eigenvalue weighted by atomic mass is 9.70. The van der Waals surface area contributed by atoms with Gasteiger partial charge in [-0.3, -0.25) is 14.4 Å². The zero-order chi connectivity index (χ0) is 25.0. The summed E-state index contributed by atoms with van der Waals surface area (Å²) in [6.07, 6.45) is 4.82. The van der Waals surface area contributed by atoms with Gasteiger partial charge in [0.2, 0.25) is 17.7 Å². The van der Waals surface area contributed by atoms with Gasteiger partial charge in [-0.05, 0) is 31.2 Å². The summed E-state index contributed by atoms with van der Waals surface area (Å²) in [5.41, 5.74) is 1.01. The van der Waals surface area contributed by atoms with Crippen LogP contribution in [-0.2, 0) is 20.9 Å². The lowest BCUT2D eigenvalue weighted by molar-refractivity contribution is -0.140. The molecule has 192 valence electrons. The van der Waals surface area contributed by atoms with Crippen molar-refractivity contribution < 1.29 is 19.5 Å². The Kier molecular flexibility index (Phi) is 8.81. The summed E-state index contributed by atoms with van der Waals surface area (Å²) < 4.78 is -0.601. The first kappa shape index (κ1) is 26.5. The molecule has 3 N–H and O–H groups in total. The van der Waals surface area contributed by atoms with Crippen molar-refractivity contribution in [1.82, 2.24) is 15.5 Å². The Labute approximate surface area is 220 Å². The largest absolute Gasteiger partial charge is 0.396 e. The SMILES string of the molecule is CCCNC(=O)[C@H]1[C@H]2C(=O)N(CCCCCCO)C(C(=O)NCc3ccccc3)C23CC(Br)[C@@H]1S3. The monoisotopic (exact) mass is 565 g/mol. The van der Waals surface area contributed by atoms with Crippen molar-refractivity contribution in [2.24, 2.45) is 11.8 Å². The molecule has 3 unspecified atom stereocenters. The fourth-order valence-electron chi connectivity index (χ4n) is 5.97. The lowest BCUT2D eigenvalue weighted by Gasteiger charge is -2.35. The van der Waals surface area contributed by atoms with Gasteiger partial charge >= 0.3 is 0 Å². The minimum absolute atomic E-state index is 0.0167. The molecule has 0 radical (unpaired) electrons. The number of unbranched alkanes of at least 4 members (excludes halogenated alkanes) is 3. The van der Waals surface area contributed by atoms with Crippen LogP contribution in [0.5, 0.6) is 0 Å². The van der Waals surface area contributed by atoms with Gasteiger partial charge in [0.15, 0.2) is 0 Å². The maximum Gasteiger partial charge on any atom is 0.244 e. The van der Waals surface area contributed by atoms with Crippen molar-refractivity contribution in [3.63, 3.8) is 0 Å². The first-order valence-corrected chi connectivity index (χ1v) is 14.6. The molecule has 3 aliphatic rings. The average Bonchev–Trinajstić information content (AvgIpc) is 3.45. The number of nitrogens with one attached hydrogen (secondary N) is 2. The number of rotatable bonds is 12. The molecule has 9 heteroatoms. The van der Waals surface area contributed by atoms with E-state index in [1.807, 2.05) is 37.3 Å². The van der Waals surface area contributed by atoms with E-state index in [4.69, 9.17) is 5.11 Å². The number of amides is 3. The molecule has 1 aromatic rings. The molecule has 4 rings (SSSR count). The first-order valence-electron chi connectivity index (χ1n) is 12.8. The number of benzene rings is 1. The van der Waals surface area contributed by atoms with E-state index in [0.717, 1.165) is 37.7 Å². The third-order valence-corrected chi connectivity index (χ3v) is 10.7. The highest BCUT2D eigenvalue weighted by Gasteiger charge is 2.75. The molecule has 3 amide bonds. The first-order chi connectivity index (χ1) is 16.9. The second-order valence-corrected chi connectivity index (χ2v) is 12.5. The Morgan fingerprint density at radius 3 is 2.60 bits per heavy atom. The van der Waals surface area contributed by atoms with Gasteiger partial charge in [0.25, 0.3) is 0 Å². The molecular formula is C26H36BrN3O4S. The zero-order valence-electron chi connectivity index (χ0n) is 20.2. The van der Waals surface area contributed by atoms with E-state index in [1.165, 1.54) is 0 Å². The molecule has 0 aliphatic carbocycles. The molecule has 1 spiro atoms. The maximum atomic E-state index is 13.9. The lowest BCUT2D eigenvalue weighted by Crippen LogP contribution is -2.54. The Morgan fingerprint density at radius 2 is 1.89 bits per heavy atom. The van der Waals surface area contributed by atoms with Crippen LogP contribution in [-0.4, -0.2) is 68.3 Å². The number of alkyl halides is 1. The maximum absolute atomic E-state index is 13.9. The zero-order valence-corrected chi connectivity index (χ0v) is 22.7. The summed E-state index contributed by atoms with van der Waals surface area (Å²) in [5, 5.41) is 15.2. The highest BCUT2D eigenvalue weighted by molar-refractivity contribution is 9.09. The van der Waals surface area contributed by atoms with E-state index in [1.54, 1.807) is 16.7 Å². The number of aliphatic hydroxyl groups is 1. The molecule has 6 atom stereocenters. The summed E-state index contributed by atoms with van der Waals surface area (Å²) in [5.74, 6) is -1.17. The third kappa shape index (κ3) is 5.14. The summed E-state index contributed by atoms with van der Waals surface area (Å²) in [6.45, 7) is 3.66. The van der Waals surface area contributed by atoms with Crippen molar-refractivity contribution in [1.29, 1.82) is 0 Å². The van der Waals surface area contributed by atoms with Crippen molar-refractivity contribution in [3.05, 3.63) is 35.9 Å². The van der Waals surface area contributed by atoms with Gasteiger partial charge in [0.05, 0.1) is 16.6 Å². The minimum Gasteiger partial charge on any atom is -0.396 e. The van der Waals surface area contributed by atoms with E-state index < -0.39 is 22.6 Å². The molecule has 3 saturated heterocycles. The van der Waals surface area contributed by atoms with Crippen LogP contribution in [0, 0.1) is 11.8 Å². The quantitative estimate of drug-likeness (QED) is 0.267. The predicted molar refractivity (Wildman–Crippen MR) is 141 cm³/mol. The van der Waals surface area contributed by atoms with Gasteiger partial charge in [-0.25, -0.2) is 0 Å². The van der Waals surface area contributed by atoms with Gasteiger partial charge in [0.1, 0.15) is 6.04 Å². The van der Waals surface area contributed by atoms with E-state index in [0.29, 0.717) is 26.1 Å². The second-order valence-electron chi connectivity index (χ2n) is 9.83. The van der Waals surface area contributed by atoms with E-state index >= 15 is 0 Å². The third-order valence-electron chi connectivity index (χ3n) is 7.51. The number of likely N-dealkylation sites (tertiary alicyclic amines) is 1. The van der Waals surface area contributed by atoms with Crippen LogP contribution in [0.2, 0.25) is 0 Å². The summed E-state index contributed by atoms with van der Waals surface area (Å²) in [4.78, 5) is 42.7. The Hall–Kier alpha value is -1.58. The van der Waals surface area contributed by atoms with Gasteiger partial charge in [-0.15, -0.1) is 11.8 Å². The highest BCUT2D eigenvalue weighted by Crippen LogP contribution is 2.67. The Bertz CT molecular complexity index is 919. The molecular weight excluding hydrogens is 530 g/mol. The standard InChI is InChI=1S/C26H36BrN3O4S/c1-2-12-28-23(32)19-20-25(34)30(13-8-3-4-9-14-31)22(26(20)15-18(27)21(19)35-26)24(33)29-16-17-10-6-5-7-11-17/h5-7,10-11,18-22,31H,2-4,8-9,12-16H2,1H3,(H,28,32)(H,29,33)/t18?,19-,20-,21-,22?,26?/m0/s1. The molecule has 3 fully saturated rings. The molecule has 3 heterocycles. The molecule has 0 saturated carbocycles. The smallest absolute Gasteiger partial charge is 0.244 e. The second kappa shape index (κ2) is 11.6. The van der Waals surface area contributed by atoms with Crippen molar-refractivity contribution in [2.45, 2.75) is 72.9 Å². The van der Waals surface area contributed by atoms with E-state index in [9.17, 15) is 14.4 Å². The molecule has 3 aliphatic heterocycles. The average molecular weight is 567 g/mol. The van der Waals surface area contributed by atoms with Crippen molar-refractivity contribution in [2.75, 3.05) is 19.7 Å². The molecule has 7 nitrogen and oxygen atoms in total. The number of thioether (sulfide) groups is 1. The van der Waals surface area contributed by atoms with Crippen molar-refractivity contribution in [3.8, 4) is 0 Å². The molecule has 0 aromatic heterocycles. The fourth-order valence-corrected chi connectivity index (χ4v) is 9.58. The van der Waals surface area contributed by atoms with Gasteiger partial charge in [0, 0.05) is 36.3 Å². The molecule has 2 bridgehead atoms. The fraction of sp³-hybridized carbons (Fsp3) is 0.654. The van der Waals surface area contributed by atoms with Gasteiger partial charge in [-0.2, -0.15) is 0 Å². The van der Waals surface area contributed by atoms with Crippen LogP contribution in [0.4, 0.5) is 0 Å². The normalized spacial score (nSPS) is 31.0. The number of hydrogen-bond acceptors (Lipinski definition) is 5. The Balaban J connectivity index is 1.58. The van der Waals surface area contributed by atoms with E-state index in [-0.39, 0.29) is 34.4 Å². The highest BCUT2D eigenvalue weighted by atomic mass is 79.9. The number of carbonyl (C=O) groups excluding carboxylic acids is 3. The summed E-state index contributed by atoms with van der Waals surface area (Å²) in [6, 6.07) is 9.17. The minimum atomic E-state index is -0.601. The Morgan fingerprint density at radius 1 is 1.14 bits per heavy atom. The molecule has 35 heavy (non-hydrogen) atoms. The number of carbonyl (C=O) groups is 3. The van der Waals surface area contributed by atoms with Gasteiger partial charge < -0.3 is 20.6 Å². The van der Waals surface area contributed by atoms with Crippen LogP contribution >= 0.6 is 27.7 Å². The number of nitrogens with zero attached hydrogens (tertiary/aromatic N) is 1. The molecule has 1 aromatic carbocycles. The summed E-state index contributed by atoms with van der Waals surface area (Å²) >= 11 is 5.47. The van der Waals surface area contributed by atoms with Crippen LogP contribution in [0.15, 0.2) is 30.3 Å². The van der Waals surface area contributed by atoms with Crippen molar-refractivity contribution >= 4 is 45.4 Å². The number of hydrogen-bond donors (Lipinski definition) is 3. The van der Waals surface area contributed by atoms with Crippen LogP contribution in [0.3, 0.4) is 0 Å². The van der Waals surface area contributed by atoms with Crippen LogP contribution in [0.1, 0.15) is 51.0 Å². The topological polar surface area (TPSA) is 98.7 Å². The predicted octanol–water partition coefficient (Wildman–Crippen LogP) is 2.85. The number of halogens is 1.